The van der Waals surface area contributed by atoms with Crippen molar-refractivity contribution in [3.63, 3.8) is 0 Å². The van der Waals surface area contributed by atoms with E-state index in [1.54, 1.807) is 0 Å². The lowest BCUT2D eigenvalue weighted by Crippen LogP contribution is -2.14. The Hall–Kier alpha value is -2.05. The molecule has 1 amide bonds. The summed E-state index contributed by atoms with van der Waals surface area (Å²) in [7, 11) is 0. The van der Waals surface area contributed by atoms with Gasteiger partial charge in [-0.15, -0.1) is 0 Å². The fourth-order valence-electron chi connectivity index (χ4n) is 2.49. The van der Waals surface area contributed by atoms with Crippen molar-refractivity contribution in [3.8, 4) is 5.75 Å². The molecule has 1 aromatic carbocycles. The summed E-state index contributed by atoms with van der Waals surface area (Å²) in [6.07, 6.45) is 1.88. The van der Waals surface area contributed by atoms with Crippen LogP contribution in [0.1, 0.15) is 34.8 Å². The van der Waals surface area contributed by atoms with Crippen LogP contribution >= 0.6 is 11.6 Å². The molecule has 1 saturated heterocycles. The van der Waals surface area contributed by atoms with Gasteiger partial charge in [0.25, 0.3) is 5.91 Å². The van der Waals surface area contributed by atoms with Crippen LogP contribution in [0.3, 0.4) is 0 Å². The molecule has 22 heavy (non-hydrogen) atoms. The van der Waals surface area contributed by atoms with Gasteiger partial charge in [0.1, 0.15) is 5.75 Å². The van der Waals surface area contributed by atoms with Gasteiger partial charge in [-0.25, -0.2) is 0 Å². The van der Waals surface area contributed by atoms with Crippen LogP contribution in [0.15, 0.2) is 24.3 Å². The summed E-state index contributed by atoms with van der Waals surface area (Å²) < 4.78 is 5.33. The van der Waals surface area contributed by atoms with Gasteiger partial charge in [-0.3, -0.25) is 9.89 Å². The smallest absolute Gasteiger partial charge is 0.258 e. The number of nitrogens with one attached hydrogen (secondary N) is 2. The van der Waals surface area contributed by atoms with Crippen molar-refractivity contribution in [2.24, 2.45) is 0 Å². The molecular weight excluding hydrogens is 306 g/mol. The third-order valence-electron chi connectivity index (χ3n) is 3.69. The summed E-state index contributed by atoms with van der Waals surface area (Å²) in [5.74, 6) is 0.382. The minimum atomic E-state index is -0.411. The molecule has 0 atom stereocenters. The fourth-order valence-corrected chi connectivity index (χ4v) is 2.69. The maximum Gasteiger partial charge on any atom is 0.258 e. The fraction of sp³-hybridized carbons (Fsp3) is 0.333. The van der Waals surface area contributed by atoms with E-state index >= 15 is 0 Å². The average molecular weight is 322 g/mol. The number of nitrogens with zero attached hydrogens (tertiary/aromatic N) is 1. The van der Waals surface area contributed by atoms with Crippen LogP contribution in [-0.4, -0.2) is 34.4 Å². The number of halogens is 1. The highest BCUT2D eigenvalue weighted by atomic mass is 35.5. The number of phenols is 1. The predicted octanol–water partition coefficient (Wildman–Crippen LogP) is 2.92. The Morgan fingerprint density at radius 2 is 2.14 bits per heavy atom. The third-order valence-corrected chi connectivity index (χ3v) is 4.02. The summed E-state index contributed by atoms with van der Waals surface area (Å²) in [5.41, 5.74) is 1.19. The first-order valence-electron chi connectivity index (χ1n) is 7.06. The first-order chi connectivity index (χ1) is 10.6. The Labute approximate surface area is 132 Å². The van der Waals surface area contributed by atoms with Gasteiger partial charge in [-0.2, -0.15) is 5.10 Å². The number of H-pyrrole nitrogens is 1. The van der Waals surface area contributed by atoms with Crippen LogP contribution in [0, 0.1) is 0 Å². The van der Waals surface area contributed by atoms with Gasteiger partial charge in [-0.1, -0.05) is 11.6 Å². The number of amides is 1. The van der Waals surface area contributed by atoms with E-state index in [-0.39, 0.29) is 16.3 Å². The molecule has 116 valence electrons. The lowest BCUT2D eigenvalue weighted by Gasteiger charge is -2.20. The van der Waals surface area contributed by atoms with Crippen molar-refractivity contribution in [1.82, 2.24) is 10.2 Å². The number of benzene rings is 1. The number of ether oxygens (including phenoxy) is 1. The summed E-state index contributed by atoms with van der Waals surface area (Å²) in [6, 6.07) is 6.05. The molecule has 2 aromatic rings. The molecule has 0 radical (unpaired) electrons. The number of aromatic hydroxyl groups is 1. The molecule has 3 N–H and O–H groups in total. The van der Waals surface area contributed by atoms with Crippen LogP contribution in [0.25, 0.3) is 0 Å². The normalized spacial score (nSPS) is 15.7. The van der Waals surface area contributed by atoms with Crippen molar-refractivity contribution < 1.29 is 14.6 Å². The minimum absolute atomic E-state index is 0.0144. The van der Waals surface area contributed by atoms with E-state index in [1.807, 2.05) is 6.07 Å². The first kappa shape index (κ1) is 14.9. The second-order valence-corrected chi connectivity index (χ2v) is 5.62. The number of carbonyl (C=O) groups excluding carboxylic acids is 1. The number of aromatic amines is 1. The molecule has 0 unspecified atom stereocenters. The Kier molecular flexibility index (Phi) is 4.31. The number of hydrogen-bond donors (Lipinski definition) is 3. The lowest BCUT2D eigenvalue weighted by molar-refractivity contribution is 0.0845. The van der Waals surface area contributed by atoms with Crippen molar-refractivity contribution >= 4 is 23.3 Å². The Bertz CT molecular complexity index is 680. The van der Waals surface area contributed by atoms with E-state index in [0.29, 0.717) is 11.7 Å². The van der Waals surface area contributed by atoms with Gasteiger partial charge in [0.15, 0.2) is 5.82 Å². The van der Waals surface area contributed by atoms with E-state index in [1.165, 1.54) is 18.2 Å². The quantitative estimate of drug-likeness (QED) is 0.811. The van der Waals surface area contributed by atoms with E-state index in [2.05, 4.69) is 15.5 Å². The van der Waals surface area contributed by atoms with Gasteiger partial charge in [0.05, 0.1) is 10.6 Å². The van der Waals surface area contributed by atoms with E-state index < -0.39 is 5.91 Å². The monoisotopic (exact) mass is 321 g/mol. The standard InChI is InChI=1S/C15H16ClN3O3/c16-12-2-1-10(20)7-11(12)15(21)17-14-8-13(18-19-14)9-3-5-22-6-4-9/h1-2,7-9,20H,3-6H2,(H2,17,18,19,21). The summed E-state index contributed by atoms with van der Waals surface area (Å²) in [4.78, 5) is 12.2. The summed E-state index contributed by atoms with van der Waals surface area (Å²) in [5, 5.41) is 19.5. The molecule has 0 spiro atoms. The average Bonchev–Trinajstić information content (AvgIpc) is 2.99. The van der Waals surface area contributed by atoms with Crippen LogP contribution in [0.2, 0.25) is 5.02 Å². The highest BCUT2D eigenvalue weighted by Gasteiger charge is 2.19. The van der Waals surface area contributed by atoms with E-state index in [0.717, 1.165) is 31.7 Å². The number of rotatable bonds is 3. The minimum Gasteiger partial charge on any atom is -0.508 e. The lowest BCUT2D eigenvalue weighted by atomic mass is 9.97. The Morgan fingerprint density at radius 3 is 2.91 bits per heavy atom. The molecule has 0 bridgehead atoms. The summed E-state index contributed by atoms with van der Waals surface area (Å²) in [6.45, 7) is 1.48. The number of phenolic OH excluding ortho intramolecular Hbond substituents is 1. The Balaban J connectivity index is 1.71. The molecule has 0 saturated carbocycles. The van der Waals surface area contributed by atoms with Crippen molar-refractivity contribution in [3.05, 3.63) is 40.5 Å². The van der Waals surface area contributed by atoms with Crippen LogP contribution in [0.5, 0.6) is 5.75 Å². The number of anilines is 1. The molecule has 1 aliphatic rings. The van der Waals surface area contributed by atoms with Crippen LogP contribution < -0.4 is 5.32 Å². The van der Waals surface area contributed by atoms with Gasteiger partial charge in [0, 0.05) is 30.9 Å². The molecule has 0 aliphatic carbocycles. The maximum atomic E-state index is 12.2. The maximum absolute atomic E-state index is 12.2. The van der Waals surface area contributed by atoms with E-state index in [4.69, 9.17) is 16.3 Å². The second-order valence-electron chi connectivity index (χ2n) is 5.21. The van der Waals surface area contributed by atoms with Gasteiger partial charge in [0.2, 0.25) is 0 Å². The molecule has 6 nitrogen and oxygen atoms in total. The van der Waals surface area contributed by atoms with Gasteiger partial charge < -0.3 is 15.2 Å². The van der Waals surface area contributed by atoms with Crippen molar-refractivity contribution in [2.45, 2.75) is 18.8 Å². The zero-order valence-electron chi connectivity index (χ0n) is 11.8. The molecule has 7 heteroatoms. The highest BCUT2D eigenvalue weighted by molar-refractivity contribution is 6.34. The zero-order valence-corrected chi connectivity index (χ0v) is 12.6. The largest absolute Gasteiger partial charge is 0.508 e. The SMILES string of the molecule is O=C(Nc1cc(C2CCOCC2)[nH]n1)c1cc(O)ccc1Cl. The van der Waals surface area contributed by atoms with Crippen molar-refractivity contribution in [1.29, 1.82) is 0 Å². The highest BCUT2D eigenvalue weighted by Crippen LogP contribution is 2.27. The first-order valence-corrected chi connectivity index (χ1v) is 7.44. The second kappa shape index (κ2) is 6.37. The molecule has 3 rings (SSSR count). The van der Waals surface area contributed by atoms with Gasteiger partial charge in [-0.05, 0) is 31.0 Å². The van der Waals surface area contributed by atoms with E-state index in [9.17, 15) is 9.90 Å². The van der Waals surface area contributed by atoms with Crippen LogP contribution in [-0.2, 0) is 4.74 Å². The summed E-state index contributed by atoms with van der Waals surface area (Å²) >= 11 is 5.97. The topological polar surface area (TPSA) is 87.2 Å². The number of aromatic nitrogens is 2. The Morgan fingerprint density at radius 1 is 1.36 bits per heavy atom. The van der Waals surface area contributed by atoms with Gasteiger partial charge >= 0.3 is 0 Å². The molecule has 1 aromatic heterocycles. The molecular formula is C15H16ClN3O3. The van der Waals surface area contributed by atoms with Crippen LogP contribution in [0.4, 0.5) is 5.82 Å². The van der Waals surface area contributed by atoms with Crippen molar-refractivity contribution in [2.75, 3.05) is 18.5 Å². The predicted molar refractivity (Wildman–Crippen MR) is 82.5 cm³/mol. The number of carbonyl (C=O) groups is 1. The number of hydrogen-bond acceptors (Lipinski definition) is 4. The zero-order chi connectivity index (χ0) is 15.5. The molecule has 1 aliphatic heterocycles. The third kappa shape index (κ3) is 3.23. The molecule has 2 heterocycles. The molecule has 1 fully saturated rings.